The minimum Gasteiger partial charge on any atom is -0.495 e. The van der Waals surface area contributed by atoms with Crippen molar-refractivity contribution >= 4 is 64.0 Å². The van der Waals surface area contributed by atoms with E-state index in [1.54, 1.807) is 37.3 Å². The van der Waals surface area contributed by atoms with Gasteiger partial charge in [-0.3, -0.25) is 18.9 Å². The maximum atomic E-state index is 15.2. The summed E-state index contributed by atoms with van der Waals surface area (Å²) in [7, 11) is -2.69. The highest BCUT2D eigenvalue weighted by Gasteiger charge is 2.66. The van der Waals surface area contributed by atoms with Crippen LogP contribution in [-0.4, -0.2) is 93.6 Å². The molecule has 0 spiro atoms. The third-order valence-corrected chi connectivity index (χ3v) is 17.7. The third kappa shape index (κ3) is 10.4. The van der Waals surface area contributed by atoms with Crippen LogP contribution in [0.15, 0.2) is 41.8 Å². The number of methoxy groups -OCH3 is 1. The quantitative estimate of drug-likeness (QED) is 0.0910. The Morgan fingerprint density at radius 1 is 1.08 bits per heavy atom. The Morgan fingerprint density at radius 2 is 1.86 bits per heavy atom. The molecule has 1 amide bonds. The molecule has 4 aliphatic rings. The molecule has 4 fully saturated rings. The number of Topliss-reactive ketones (excluding diaryl/α,β-unsaturated/α-hetero) is 1. The highest BCUT2D eigenvalue weighted by Crippen LogP contribution is 2.75. The van der Waals surface area contributed by atoms with E-state index in [1.807, 2.05) is 19.2 Å². The Kier molecular flexibility index (Phi) is 14.6. The number of hydrogen-bond donors (Lipinski definition) is 3. The number of thiazole rings is 1. The minimum atomic E-state index is -4.21. The number of fused-ring (bicyclic) bond motifs is 3. The average molecular weight is 953 g/mol. The van der Waals surface area contributed by atoms with E-state index in [1.165, 1.54) is 29.4 Å². The molecule has 2 aromatic heterocycles. The molecule has 4 aromatic rings. The number of ether oxygens (including phenoxy) is 3. The standard InChI is InChI=1S/C48H60ClFN5O8PS/c1-28(2)52-47-54-38(27-65-47)37-21-42(34-16-17-41(61-4)44(49)45(34)53-37)62-33-20-39-40(56)23-48(64(59,60)26-35-29(3)11-10-15-36(35)50)22-31(48)12-6-5-9-18-51-24-30(46(58)55(39)25-33)19-43(57)63-32-13-7-8-14-32/h10-11,15-17,21,27-28,30-33,39,51H,5-9,12-14,18-20,22-26H2,1-4H3,(H,52,54)(H,59,60)/t30-,31-,33+,39-,48+/m0/s1. The summed E-state index contributed by atoms with van der Waals surface area (Å²) in [6, 6.07) is 9.02. The molecule has 4 heterocycles. The largest absolute Gasteiger partial charge is 0.495 e. The lowest BCUT2D eigenvalue weighted by Gasteiger charge is -2.30. The minimum absolute atomic E-state index is 0.00718. The van der Waals surface area contributed by atoms with E-state index in [2.05, 4.69) is 10.6 Å². The van der Waals surface area contributed by atoms with Crippen LogP contribution >= 0.6 is 30.3 Å². The Labute approximate surface area is 389 Å². The number of halogens is 2. The summed E-state index contributed by atoms with van der Waals surface area (Å²) >= 11 is 8.34. The van der Waals surface area contributed by atoms with Crippen LogP contribution in [0.2, 0.25) is 5.02 Å². The van der Waals surface area contributed by atoms with Crippen molar-refractivity contribution in [2.75, 3.05) is 32.1 Å². The molecule has 3 N–H and O–H groups in total. The van der Waals surface area contributed by atoms with Crippen molar-refractivity contribution < 1.29 is 42.4 Å². The number of carbonyl (C=O) groups is 3. The predicted octanol–water partition coefficient (Wildman–Crippen LogP) is 9.48. The zero-order valence-corrected chi connectivity index (χ0v) is 40.0. The number of rotatable bonds is 12. The molecule has 8 rings (SSSR count). The fourth-order valence-electron chi connectivity index (χ4n) is 10.1. The molecule has 2 saturated heterocycles. The van der Waals surface area contributed by atoms with Gasteiger partial charge in [0.1, 0.15) is 40.2 Å². The van der Waals surface area contributed by atoms with Crippen molar-refractivity contribution in [1.29, 1.82) is 0 Å². The second-order valence-electron chi connectivity index (χ2n) is 18.7. The summed E-state index contributed by atoms with van der Waals surface area (Å²) in [4.78, 5) is 66.7. The van der Waals surface area contributed by atoms with E-state index in [4.69, 9.17) is 35.8 Å². The van der Waals surface area contributed by atoms with Crippen LogP contribution in [0, 0.1) is 24.6 Å². The lowest BCUT2D eigenvalue weighted by Crippen LogP contribution is -2.47. The van der Waals surface area contributed by atoms with Crippen LogP contribution in [0.4, 0.5) is 9.52 Å². The second-order valence-corrected chi connectivity index (χ2v) is 22.5. The second kappa shape index (κ2) is 20.0. The van der Waals surface area contributed by atoms with Gasteiger partial charge in [-0.05, 0) is 102 Å². The first-order valence-electron chi connectivity index (χ1n) is 23.0. The maximum absolute atomic E-state index is 15.2. The van der Waals surface area contributed by atoms with E-state index in [0.29, 0.717) is 58.7 Å². The summed E-state index contributed by atoms with van der Waals surface area (Å²) in [5, 5.41) is 8.93. The van der Waals surface area contributed by atoms with Crippen LogP contribution in [0.1, 0.15) is 102 Å². The predicted molar refractivity (Wildman–Crippen MR) is 251 cm³/mol. The fourth-order valence-corrected chi connectivity index (χ4v) is 14.0. The third-order valence-electron chi connectivity index (χ3n) is 13.7. The van der Waals surface area contributed by atoms with Gasteiger partial charge in [0.25, 0.3) is 0 Å². The highest BCUT2D eigenvalue weighted by atomic mass is 35.5. The summed E-state index contributed by atoms with van der Waals surface area (Å²) in [5.41, 5.74) is 2.26. The summed E-state index contributed by atoms with van der Waals surface area (Å²) in [5.74, 6) is -1.98. The van der Waals surface area contributed by atoms with Crippen molar-refractivity contribution in [2.45, 2.75) is 133 Å². The van der Waals surface area contributed by atoms with Crippen molar-refractivity contribution in [3.05, 3.63) is 63.7 Å². The van der Waals surface area contributed by atoms with Crippen molar-refractivity contribution in [1.82, 2.24) is 20.2 Å². The van der Waals surface area contributed by atoms with Crippen molar-refractivity contribution in [2.24, 2.45) is 11.8 Å². The molecule has 1 unspecified atom stereocenters. The first-order valence-corrected chi connectivity index (χ1v) is 26.1. The van der Waals surface area contributed by atoms with E-state index in [9.17, 15) is 19.0 Å². The smallest absolute Gasteiger partial charge is 0.306 e. The SMILES string of the molecule is COc1ccc2c(O[C@@H]3C[C@H]4C(=O)C[C@]5(P(=O)(O)Cc6c(C)cccc6F)C[C@@H]5CCCCCNC[C@H](CC(=O)OC5CCCC5)C(=O)N4C3)cc(-c3csc(NC(C)C)n3)nc2c1Cl. The van der Waals surface area contributed by atoms with Gasteiger partial charge in [-0.1, -0.05) is 36.6 Å². The molecule has 13 nitrogen and oxygen atoms in total. The normalized spacial score (nSPS) is 25.4. The van der Waals surface area contributed by atoms with Gasteiger partial charge in [0, 0.05) is 47.8 Å². The van der Waals surface area contributed by atoms with Gasteiger partial charge in [-0.15, -0.1) is 11.3 Å². The Morgan fingerprint density at radius 3 is 2.62 bits per heavy atom. The Bertz CT molecular complexity index is 2450. The Balaban J connectivity index is 1.14. The molecule has 350 valence electrons. The molecule has 0 bridgehead atoms. The van der Waals surface area contributed by atoms with Gasteiger partial charge in [-0.2, -0.15) is 0 Å². The topological polar surface area (TPSA) is 169 Å². The summed E-state index contributed by atoms with van der Waals surface area (Å²) < 4.78 is 48.2. The molecule has 6 atom stereocenters. The fraction of sp³-hybridized carbons (Fsp3) is 0.562. The van der Waals surface area contributed by atoms with Gasteiger partial charge in [0.2, 0.25) is 13.3 Å². The molecule has 2 aromatic carbocycles. The Hall–Kier alpha value is -4.14. The van der Waals surface area contributed by atoms with Crippen LogP contribution in [0.3, 0.4) is 0 Å². The molecular formula is C48H60ClFN5O8PS. The highest BCUT2D eigenvalue weighted by molar-refractivity contribution is 7.59. The van der Waals surface area contributed by atoms with E-state index in [-0.39, 0.29) is 72.9 Å². The van der Waals surface area contributed by atoms with Gasteiger partial charge < -0.3 is 34.6 Å². The van der Waals surface area contributed by atoms with Crippen LogP contribution in [0.5, 0.6) is 11.5 Å². The molecular weight excluding hydrogens is 892 g/mol. The monoisotopic (exact) mass is 951 g/mol. The molecule has 0 radical (unpaired) electrons. The number of carbonyl (C=O) groups excluding carboxylic acids is 3. The number of pyridine rings is 1. The van der Waals surface area contributed by atoms with Gasteiger partial charge in [0.05, 0.1) is 54.6 Å². The van der Waals surface area contributed by atoms with Crippen molar-refractivity contribution in [3.8, 4) is 22.9 Å². The van der Waals surface area contributed by atoms with Crippen LogP contribution < -0.4 is 20.1 Å². The van der Waals surface area contributed by atoms with E-state index in [0.717, 1.165) is 50.1 Å². The number of amides is 1. The number of hydrogen-bond acceptors (Lipinski definition) is 12. The van der Waals surface area contributed by atoms with Gasteiger partial charge in [-0.25, -0.2) is 14.4 Å². The van der Waals surface area contributed by atoms with Crippen LogP contribution in [0.25, 0.3) is 22.3 Å². The van der Waals surface area contributed by atoms with E-state index >= 15 is 9.18 Å². The van der Waals surface area contributed by atoms with Gasteiger partial charge >= 0.3 is 5.97 Å². The number of anilines is 1. The zero-order chi connectivity index (χ0) is 46.0. The zero-order valence-electron chi connectivity index (χ0n) is 37.6. The molecule has 2 saturated carbocycles. The summed E-state index contributed by atoms with van der Waals surface area (Å²) in [6.45, 7) is 6.59. The number of aryl methyl sites for hydroxylation is 1. The first-order chi connectivity index (χ1) is 31.2. The molecule has 2 aliphatic heterocycles. The number of nitrogens with one attached hydrogen (secondary N) is 2. The average Bonchev–Trinajstić information content (AvgIpc) is 3.68. The molecule has 65 heavy (non-hydrogen) atoms. The number of ketones is 1. The number of nitrogens with zero attached hydrogens (tertiary/aromatic N) is 3. The first kappa shape index (κ1) is 47.4. The maximum Gasteiger partial charge on any atom is 0.306 e. The van der Waals surface area contributed by atoms with Crippen molar-refractivity contribution in [3.63, 3.8) is 0 Å². The number of benzene rings is 2. The van der Waals surface area contributed by atoms with E-state index < -0.39 is 48.3 Å². The molecule has 2 aliphatic carbocycles. The number of esters is 1. The number of aromatic nitrogens is 2. The van der Waals surface area contributed by atoms with Gasteiger partial charge in [0.15, 0.2) is 10.9 Å². The lowest BCUT2D eigenvalue weighted by atomic mass is 9.99. The lowest BCUT2D eigenvalue weighted by molar-refractivity contribution is -0.153. The van der Waals surface area contributed by atoms with Crippen LogP contribution in [-0.2, 0) is 29.8 Å². The molecule has 17 heteroatoms. The summed E-state index contributed by atoms with van der Waals surface area (Å²) in [6.07, 6.45) is 5.39.